The lowest BCUT2D eigenvalue weighted by Crippen LogP contribution is -2.24. The third-order valence-electron chi connectivity index (χ3n) is 6.33. The average molecular weight is 578 g/mol. The van der Waals surface area contributed by atoms with Gasteiger partial charge in [0.15, 0.2) is 11.6 Å². The van der Waals surface area contributed by atoms with Gasteiger partial charge in [-0.05, 0) is 47.4 Å². The number of anilines is 2. The first-order chi connectivity index (χ1) is 19.5. The van der Waals surface area contributed by atoms with E-state index >= 15 is 4.39 Å². The maximum absolute atomic E-state index is 15.2. The Morgan fingerprint density at radius 3 is 2.59 bits per heavy atom. The number of carbonyl (C=O) groups excluding carboxylic acids is 1. The lowest BCUT2D eigenvalue weighted by atomic mass is 9.86. The number of nitrogens with zero attached hydrogens (tertiary/aromatic N) is 5. The fourth-order valence-electron chi connectivity index (χ4n) is 4.30. The summed E-state index contributed by atoms with van der Waals surface area (Å²) in [6.45, 7) is 5.31. The molecule has 13 heteroatoms. The molecule has 3 heterocycles. The molecule has 2 aromatic carbocycles. The molecule has 0 saturated heterocycles. The third-order valence-corrected chi connectivity index (χ3v) is 6.55. The number of fused-ring (bicyclic) bond motifs is 1. The van der Waals surface area contributed by atoms with E-state index in [2.05, 4.69) is 20.5 Å². The van der Waals surface area contributed by atoms with Crippen molar-refractivity contribution in [3.05, 3.63) is 93.4 Å². The van der Waals surface area contributed by atoms with Gasteiger partial charge in [-0.3, -0.25) is 4.79 Å². The van der Waals surface area contributed by atoms with Gasteiger partial charge in [-0.15, -0.1) is 5.10 Å². The number of pyridine rings is 1. The van der Waals surface area contributed by atoms with Crippen LogP contribution in [0.15, 0.2) is 65.8 Å². The van der Waals surface area contributed by atoms with E-state index in [4.69, 9.17) is 22.1 Å². The molecule has 0 radical (unpaired) electrons. The number of hydrogen-bond donors (Lipinski definition) is 3. The minimum Gasteiger partial charge on any atom is -0.405 e. The number of aromatic nitrogens is 5. The number of halogens is 2. The molecule has 0 bridgehead atoms. The number of nitrogens with one attached hydrogen (secondary N) is 1. The van der Waals surface area contributed by atoms with E-state index in [0.29, 0.717) is 21.9 Å². The van der Waals surface area contributed by atoms with Crippen LogP contribution in [0.3, 0.4) is 0 Å². The maximum atomic E-state index is 15.2. The Hall–Kier alpha value is -4.81. The molecular formula is C28H25ClFN7O4. The summed E-state index contributed by atoms with van der Waals surface area (Å²) in [7, 11) is 0. The number of carbonyl (C=O) groups is 1. The van der Waals surface area contributed by atoms with Gasteiger partial charge in [0.2, 0.25) is 0 Å². The number of aliphatic hydroxyl groups excluding tert-OH is 1. The van der Waals surface area contributed by atoms with Gasteiger partial charge >= 0.3 is 6.09 Å². The highest BCUT2D eigenvalue weighted by atomic mass is 35.5. The largest absolute Gasteiger partial charge is 0.410 e. The molecule has 210 valence electrons. The third kappa shape index (κ3) is 5.47. The highest BCUT2D eigenvalue weighted by Crippen LogP contribution is 2.31. The molecule has 5 rings (SSSR count). The normalized spacial score (nSPS) is 11.6. The van der Waals surface area contributed by atoms with Crippen molar-refractivity contribution in [1.29, 1.82) is 0 Å². The van der Waals surface area contributed by atoms with Crippen LogP contribution in [-0.4, -0.2) is 35.7 Å². The molecule has 4 N–H and O–H groups in total. The van der Waals surface area contributed by atoms with Gasteiger partial charge in [-0.1, -0.05) is 38.4 Å². The van der Waals surface area contributed by atoms with Gasteiger partial charge in [0.25, 0.3) is 5.56 Å². The number of nitrogens with two attached hydrogens (primary N) is 1. The zero-order valence-corrected chi connectivity index (χ0v) is 23.0. The average Bonchev–Trinajstić information content (AvgIpc) is 3.30. The standard InChI is InChI=1S/C28H25ClFN7O4/c1-28(2,3)16-9-15-11-33-37(26(39)24(15)19(30)10-16)21-6-4-5-20(18(21)14-38)36-13-22(41-27(31)40)25(35-36)34-23-8-7-17(29)12-32-23/h4-13,38H,14H2,1-3H3,(H2,31,40)(H,32,34,35). The van der Waals surface area contributed by atoms with Crippen LogP contribution < -0.4 is 21.3 Å². The monoisotopic (exact) mass is 577 g/mol. The summed E-state index contributed by atoms with van der Waals surface area (Å²) >= 11 is 5.90. The van der Waals surface area contributed by atoms with Crippen molar-refractivity contribution < 1.29 is 19.0 Å². The number of primary amides is 1. The number of rotatable bonds is 6. The molecular weight excluding hydrogens is 553 g/mol. The molecule has 5 aromatic rings. The number of aliphatic hydroxyl groups is 1. The van der Waals surface area contributed by atoms with Crippen LogP contribution in [0.25, 0.3) is 22.1 Å². The first-order valence-corrected chi connectivity index (χ1v) is 12.7. The Labute approximate surface area is 238 Å². The summed E-state index contributed by atoms with van der Waals surface area (Å²) < 4.78 is 22.7. The number of ether oxygens (including phenoxy) is 1. The molecule has 3 aromatic heterocycles. The molecule has 0 aliphatic carbocycles. The highest BCUT2D eigenvalue weighted by molar-refractivity contribution is 6.30. The van der Waals surface area contributed by atoms with Gasteiger partial charge in [-0.25, -0.2) is 18.9 Å². The predicted molar refractivity (Wildman–Crippen MR) is 152 cm³/mol. The van der Waals surface area contributed by atoms with E-state index in [9.17, 15) is 14.7 Å². The molecule has 0 fully saturated rings. The fraction of sp³-hybridized carbons (Fsp3) is 0.179. The smallest absolute Gasteiger partial charge is 0.405 e. The van der Waals surface area contributed by atoms with Crippen molar-refractivity contribution in [3.63, 3.8) is 0 Å². The highest BCUT2D eigenvalue weighted by Gasteiger charge is 2.22. The van der Waals surface area contributed by atoms with Gasteiger partial charge in [0, 0.05) is 17.1 Å². The first kappa shape index (κ1) is 27.7. The van der Waals surface area contributed by atoms with E-state index in [0.717, 1.165) is 10.2 Å². The van der Waals surface area contributed by atoms with Gasteiger partial charge in [0.1, 0.15) is 11.6 Å². The van der Waals surface area contributed by atoms with Crippen LogP contribution >= 0.6 is 11.6 Å². The molecule has 0 unspecified atom stereocenters. The second-order valence-electron chi connectivity index (χ2n) is 10.2. The Bertz CT molecular complexity index is 1850. The van der Waals surface area contributed by atoms with Crippen LogP contribution in [0.2, 0.25) is 5.02 Å². The van der Waals surface area contributed by atoms with E-state index < -0.39 is 24.1 Å². The quantitative estimate of drug-likeness (QED) is 0.262. The molecule has 0 aliphatic rings. The van der Waals surface area contributed by atoms with Crippen molar-refractivity contribution >= 4 is 40.1 Å². The van der Waals surface area contributed by atoms with E-state index in [1.165, 1.54) is 29.3 Å². The summed E-state index contributed by atoms with van der Waals surface area (Å²) in [4.78, 5) is 29.2. The lowest BCUT2D eigenvalue weighted by Gasteiger charge is -2.20. The molecule has 0 aliphatic heterocycles. The van der Waals surface area contributed by atoms with Gasteiger partial charge in [0.05, 0.1) is 40.8 Å². The summed E-state index contributed by atoms with van der Waals surface area (Å²) in [6, 6.07) is 11.1. The van der Waals surface area contributed by atoms with Crippen molar-refractivity contribution in [2.24, 2.45) is 5.73 Å². The van der Waals surface area contributed by atoms with E-state index in [1.54, 1.807) is 36.4 Å². The van der Waals surface area contributed by atoms with Crippen molar-refractivity contribution in [2.45, 2.75) is 32.8 Å². The van der Waals surface area contributed by atoms with Crippen LogP contribution in [-0.2, 0) is 12.0 Å². The Balaban J connectivity index is 1.63. The van der Waals surface area contributed by atoms with Crippen molar-refractivity contribution in [2.75, 3.05) is 5.32 Å². The number of hydrogen-bond acceptors (Lipinski definition) is 8. The van der Waals surface area contributed by atoms with Gasteiger partial charge < -0.3 is 20.9 Å². The van der Waals surface area contributed by atoms with Gasteiger partial charge in [-0.2, -0.15) is 9.78 Å². The molecule has 0 atom stereocenters. The van der Waals surface area contributed by atoms with E-state index in [1.807, 2.05) is 20.8 Å². The molecule has 0 saturated carbocycles. The Kier molecular flexibility index (Phi) is 7.20. The molecule has 41 heavy (non-hydrogen) atoms. The molecule has 0 spiro atoms. The fourth-order valence-corrected chi connectivity index (χ4v) is 4.41. The summed E-state index contributed by atoms with van der Waals surface area (Å²) in [5, 5.41) is 22.7. The zero-order valence-electron chi connectivity index (χ0n) is 22.2. The second kappa shape index (κ2) is 10.6. The SMILES string of the molecule is CC(C)(C)c1cc(F)c2c(=O)n(-c3cccc(-n4cc(OC(N)=O)c(Nc5ccc(Cl)cn5)n4)c3CO)ncc2c1. The minimum absolute atomic E-state index is 0.0266. The van der Waals surface area contributed by atoms with Crippen molar-refractivity contribution in [1.82, 2.24) is 24.5 Å². The van der Waals surface area contributed by atoms with Crippen LogP contribution in [0.4, 0.5) is 20.8 Å². The molecule has 1 amide bonds. The Morgan fingerprint density at radius 1 is 1.17 bits per heavy atom. The zero-order chi connectivity index (χ0) is 29.5. The van der Waals surface area contributed by atoms with Crippen LogP contribution in [0.5, 0.6) is 5.75 Å². The predicted octanol–water partition coefficient (Wildman–Crippen LogP) is 4.75. The second-order valence-corrected chi connectivity index (χ2v) is 10.6. The summed E-state index contributed by atoms with van der Waals surface area (Å²) in [5.74, 6) is -0.248. The minimum atomic E-state index is -1.07. The first-order valence-electron chi connectivity index (χ1n) is 12.4. The van der Waals surface area contributed by atoms with Crippen LogP contribution in [0.1, 0.15) is 31.9 Å². The van der Waals surface area contributed by atoms with E-state index in [-0.39, 0.29) is 33.6 Å². The van der Waals surface area contributed by atoms with Crippen LogP contribution in [0, 0.1) is 5.82 Å². The van der Waals surface area contributed by atoms with Crippen molar-refractivity contribution in [3.8, 4) is 17.1 Å². The maximum Gasteiger partial charge on any atom is 0.410 e. The topological polar surface area (TPSA) is 150 Å². The lowest BCUT2D eigenvalue weighted by molar-refractivity contribution is 0.211. The Morgan fingerprint density at radius 2 is 1.93 bits per heavy atom. The summed E-state index contributed by atoms with van der Waals surface area (Å²) in [6.07, 6.45) is 3.13. The molecule has 11 nitrogen and oxygen atoms in total. The summed E-state index contributed by atoms with van der Waals surface area (Å²) in [5.41, 5.74) is 5.73. The number of benzene rings is 2. The number of amides is 1.